The highest BCUT2D eigenvalue weighted by Gasteiger charge is 2.19. The smallest absolute Gasteiger partial charge is 0.190 e. The van der Waals surface area contributed by atoms with E-state index in [9.17, 15) is 9.18 Å². The predicted molar refractivity (Wildman–Crippen MR) is 98.5 cm³/mol. The number of carbonyl (C=O) groups is 1. The maximum atomic E-state index is 13.8. The van der Waals surface area contributed by atoms with Crippen LogP contribution < -0.4 is 0 Å². The summed E-state index contributed by atoms with van der Waals surface area (Å²) in [5.41, 5.74) is 3.88. The number of pyridine rings is 1. The number of Topliss-reactive ketones (excluding diaryl/α,β-unsaturated/α-hetero) is 1. The largest absolute Gasteiger partial charge is 0.289 e. The Labute approximate surface area is 145 Å². The molecule has 0 saturated carbocycles. The number of rotatable bonds is 6. The van der Waals surface area contributed by atoms with Gasteiger partial charge in [-0.3, -0.25) is 9.78 Å². The molecule has 129 valence electrons. The molecule has 0 aliphatic heterocycles. The molecule has 0 spiro atoms. The summed E-state index contributed by atoms with van der Waals surface area (Å²) in [5.74, 6) is -0.174. The number of hydrogen-bond acceptors (Lipinski definition) is 2. The van der Waals surface area contributed by atoms with Gasteiger partial charge in [0.1, 0.15) is 5.83 Å². The first kappa shape index (κ1) is 20.0. The van der Waals surface area contributed by atoms with Gasteiger partial charge < -0.3 is 0 Å². The van der Waals surface area contributed by atoms with Crippen LogP contribution in [0.3, 0.4) is 0 Å². The number of halogens is 1. The van der Waals surface area contributed by atoms with Crippen molar-refractivity contribution in [3.63, 3.8) is 0 Å². The van der Waals surface area contributed by atoms with Crippen LogP contribution >= 0.6 is 0 Å². The van der Waals surface area contributed by atoms with Gasteiger partial charge in [-0.1, -0.05) is 38.8 Å². The van der Waals surface area contributed by atoms with E-state index in [-0.39, 0.29) is 11.6 Å². The fourth-order valence-electron chi connectivity index (χ4n) is 1.95. The van der Waals surface area contributed by atoms with Gasteiger partial charge in [-0.2, -0.15) is 0 Å². The van der Waals surface area contributed by atoms with E-state index in [4.69, 9.17) is 0 Å². The summed E-state index contributed by atoms with van der Waals surface area (Å²) in [7, 11) is 0. The molecule has 0 bridgehead atoms. The third-order valence-electron chi connectivity index (χ3n) is 3.45. The Morgan fingerprint density at radius 1 is 1.21 bits per heavy atom. The molecule has 2 rings (SSSR count). The van der Waals surface area contributed by atoms with E-state index in [2.05, 4.69) is 18.8 Å². The van der Waals surface area contributed by atoms with Crippen LogP contribution in [0.15, 0.2) is 53.2 Å². The minimum absolute atomic E-state index is 0.00103. The molecular formula is C21H27FNO. The van der Waals surface area contributed by atoms with Gasteiger partial charge in [0.25, 0.3) is 0 Å². The van der Waals surface area contributed by atoms with Crippen LogP contribution in [0.4, 0.5) is 4.39 Å². The van der Waals surface area contributed by atoms with E-state index >= 15 is 0 Å². The Balaban J connectivity index is 0.000000891. The summed E-state index contributed by atoms with van der Waals surface area (Å²) in [5, 5.41) is 0. The quantitative estimate of drug-likeness (QED) is 0.476. The summed E-state index contributed by atoms with van der Waals surface area (Å²) < 4.78 is 13.8. The van der Waals surface area contributed by atoms with Crippen molar-refractivity contribution in [3.8, 4) is 0 Å². The van der Waals surface area contributed by atoms with Crippen LogP contribution in [0.25, 0.3) is 0 Å². The molecule has 1 aliphatic carbocycles. The maximum Gasteiger partial charge on any atom is 0.190 e. The van der Waals surface area contributed by atoms with Crippen molar-refractivity contribution in [1.82, 2.24) is 4.98 Å². The van der Waals surface area contributed by atoms with Crippen LogP contribution in [-0.2, 0) is 6.42 Å². The fourth-order valence-corrected chi connectivity index (χ4v) is 1.95. The van der Waals surface area contributed by atoms with Crippen molar-refractivity contribution in [3.05, 3.63) is 70.7 Å². The average molecular weight is 328 g/mol. The molecule has 0 atom stereocenters. The number of carbonyl (C=O) groups excluding carboxylic acids is 1. The summed E-state index contributed by atoms with van der Waals surface area (Å²) in [6, 6.07) is 1.83. The molecule has 1 heterocycles. The van der Waals surface area contributed by atoms with Gasteiger partial charge >= 0.3 is 0 Å². The molecule has 1 radical (unpaired) electrons. The Hall–Kier alpha value is -2.03. The standard InChI is InChI=1S/C18H19FNO.C3H8/c1-4-13(3)17(19)8-12(2)7-14-9-16(11-20-10-14)18(21)15-5-6-15;1-3-2/h5-6,8-11H,4,7H2,1-3H3;3H2,1-2H3/b12-8+,17-13-;. The summed E-state index contributed by atoms with van der Waals surface area (Å²) >= 11 is 0. The Kier molecular flexibility index (Phi) is 8.31. The molecule has 0 N–H and O–H groups in total. The van der Waals surface area contributed by atoms with Crippen molar-refractivity contribution >= 4 is 5.78 Å². The molecule has 0 saturated heterocycles. The molecule has 2 nitrogen and oxygen atoms in total. The maximum absolute atomic E-state index is 13.8. The van der Waals surface area contributed by atoms with Crippen LogP contribution in [0.1, 0.15) is 63.4 Å². The van der Waals surface area contributed by atoms with E-state index in [0.717, 1.165) is 22.3 Å². The second-order valence-corrected chi connectivity index (χ2v) is 6.06. The fraction of sp³-hybridized carbons (Fsp3) is 0.381. The highest BCUT2D eigenvalue weighted by atomic mass is 19.1. The van der Waals surface area contributed by atoms with Crippen molar-refractivity contribution < 1.29 is 9.18 Å². The summed E-state index contributed by atoms with van der Waals surface area (Å²) in [6.07, 6.45) is 11.0. The van der Waals surface area contributed by atoms with E-state index in [1.807, 2.05) is 19.9 Å². The SMILES string of the molecule is CC/C(C)=C(F)/C=C(\C)Cc1cncc(C(=O)C2=C[CH]2)c1.CCC. The number of aromatic nitrogens is 1. The molecule has 0 amide bonds. The van der Waals surface area contributed by atoms with Gasteiger partial charge in [-0.15, -0.1) is 0 Å². The van der Waals surface area contributed by atoms with E-state index in [1.54, 1.807) is 37.9 Å². The molecule has 3 heteroatoms. The summed E-state index contributed by atoms with van der Waals surface area (Å²) in [4.78, 5) is 16.0. The first-order chi connectivity index (χ1) is 11.4. The van der Waals surface area contributed by atoms with E-state index in [1.165, 1.54) is 6.42 Å². The predicted octanol–water partition coefficient (Wildman–Crippen LogP) is 5.97. The highest BCUT2D eigenvalue weighted by molar-refractivity contribution is 6.13. The van der Waals surface area contributed by atoms with Gasteiger partial charge in [0.05, 0.1) is 0 Å². The number of allylic oxidation sites excluding steroid dienone is 6. The monoisotopic (exact) mass is 328 g/mol. The Morgan fingerprint density at radius 2 is 1.83 bits per heavy atom. The number of nitrogens with zero attached hydrogens (tertiary/aromatic N) is 1. The first-order valence-corrected chi connectivity index (χ1v) is 8.48. The first-order valence-electron chi connectivity index (χ1n) is 8.48. The van der Waals surface area contributed by atoms with E-state index in [0.29, 0.717) is 18.4 Å². The second kappa shape index (κ2) is 9.96. The number of ketones is 1. The minimum Gasteiger partial charge on any atom is -0.289 e. The van der Waals surface area contributed by atoms with Crippen LogP contribution in [0.5, 0.6) is 0 Å². The van der Waals surface area contributed by atoms with Crippen LogP contribution in [0.2, 0.25) is 0 Å². The van der Waals surface area contributed by atoms with Gasteiger partial charge in [-0.25, -0.2) is 4.39 Å². The second-order valence-electron chi connectivity index (χ2n) is 6.06. The van der Waals surface area contributed by atoms with Crippen LogP contribution in [-0.4, -0.2) is 10.8 Å². The molecular weight excluding hydrogens is 301 g/mol. The zero-order valence-electron chi connectivity index (χ0n) is 15.3. The molecule has 0 fully saturated rings. The molecule has 0 unspecified atom stereocenters. The topological polar surface area (TPSA) is 30.0 Å². The zero-order valence-corrected chi connectivity index (χ0v) is 15.3. The average Bonchev–Trinajstić information content (AvgIpc) is 3.39. The molecule has 1 aromatic heterocycles. The third-order valence-corrected chi connectivity index (χ3v) is 3.45. The molecule has 0 aromatic carbocycles. The van der Waals surface area contributed by atoms with Gasteiger partial charge in [0.2, 0.25) is 0 Å². The Morgan fingerprint density at radius 3 is 2.38 bits per heavy atom. The highest BCUT2D eigenvalue weighted by Crippen LogP contribution is 2.23. The van der Waals surface area contributed by atoms with Gasteiger partial charge in [-0.05, 0) is 50.0 Å². The lowest BCUT2D eigenvalue weighted by molar-refractivity contribution is 0.104. The van der Waals surface area contributed by atoms with Gasteiger partial charge in [0, 0.05) is 30.0 Å². The minimum atomic E-state index is -0.173. The molecule has 1 aromatic rings. The molecule has 1 aliphatic rings. The lowest BCUT2D eigenvalue weighted by Gasteiger charge is -2.04. The Bertz CT molecular complexity index is 668. The lowest BCUT2D eigenvalue weighted by atomic mass is 10.0. The van der Waals surface area contributed by atoms with Crippen molar-refractivity contribution in [2.24, 2.45) is 0 Å². The van der Waals surface area contributed by atoms with E-state index < -0.39 is 0 Å². The van der Waals surface area contributed by atoms with Crippen molar-refractivity contribution in [2.75, 3.05) is 0 Å². The number of hydrogen-bond donors (Lipinski definition) is 0. The zero-order chi connectivity index (χ0) is 18.1. The summed E-state index contributed by atoms with van der Waals surface area (Å²) in [6.45, 7) is 9.86. The van der Waals surface area contributed by atoms with Crippen molar-refractivity contribution in [2.45, 2.75) is 53.9 Å². The van der Waals surface area contributed by atoms with Gasteiger partial charge in [0.15, 0.2) is 5.78 Å². The molecule has 24 heavy (non-hydrogen) atoms. The van der Waals surface area contributed by atoms with Crippen LogP contribution in [0, 0.1) is 6.42 Å². The normalized spacial score (nSPS) is 14.2. The van der Waals surface area contributed by atoms with Crippen molar-refractivity contribution in [1.29, 1.82) is 0 Å². The third kappa shape index (κ3) is 6.61. The lowest BCUT2D eigenvalue weighted by Crippen LogP contribution is -2.00.